The van der Waals surface area contributed by atoms with Crippen molar-refractivity contribution >= 4 is 5.91 Å². The number of oxazole rings is 1. The van der Waals surface area contributed by atoms with E-state index in [1.807, 2.05) is 0 Å². The van der Waals surface area contributed by atoms with E-state index in [-0.39, 0.29) is 17.8 Å². The number of carbonyl (C=O) groups excluding carboxylic acids is 1. The number of halogens is 1. The van der Waals surface area contributed by atoms with E-state index in [9.17, 15) is 9.18 Å². The summed E-state index contributed by atoms with van der Waals surface area (Å²) in [6.07, 6.45) is 11.5. The Kier molecular flexibility index (Phi) is 6.60. The van der Waals surface area contributed by atoms with Gasteiger partial charge in [-0.05, 0) is 43.5 Å². The Morgan fingerprint density at radius 3 is 2.66 bits per heavy atom. The molecule has 5 nitrogen and oxygen atoms in total. The molecule has 0 unspecified atom stereocenters. The van der Waals surface area contributed by atoms with Gasteiger partial charge >= 0.3 is 0 Å². The van der Waals surface area contributed by atoms with E-state index in [1.165, 1.54) is 50.7 Å². The van der Waals surface area contributed by atoms with E-state index in [4.69, 9.17) is 4.42 Å². The van der Waals surface area contributed by atoms with E-state index >= 15 is 0 Å². The van der Waals surface area contributed by atoms with E-state index in [0.29, 0.717) is 30.5 Å². The standard InChI is InChI=1S/C23H30FN3O2/c24-18-9-7-17(8-10-18)21-15-25-23(29-21)12-11-22(28)26-19-13-14-27(16-19)20-5-3-1-2-4-6-20/h7-10,15,19-20H,1-6,11-14,16H2,(H,26,28)/t19-/m0/s1. The number of carbonyl (C=O) groups is 1. The lowest BCUT2D eigenvalue weighted by Gasteiger charge is -2.26. The van der Waals surface area contributed by atoms with Gasteiger partial charge in [-0.3, -0.25) is 9.69 Å². The molecule has 2 aliphatic rings. The number of aryl methyl sites for hydroxylation is 1. The molecule has 0 bridgehead atoms. The fraction of sp³-hybridized carbons (Fsp3) is 0.565. The summed E-state index contributed by atoms with van der Waals surface area (Å²) in [6, 6.07) is 7.07. The Bertz CT molecular complexity index is 797. The number of aromatic nitrogens is 1. The Morgan fingerprint density at radius 2 is 1.90 bits per heavy atom. The molecule has 29 heavy (non-hydrogen) atoms. The highest BCUT2D eigenvalue weighted by Crippen LogP contribution is 2.25. The minimum Gasteiger partial charge on any atom is -0.441 e. The molecule has 0 spiro atoms. The van der Waals surface area contributed by atoms with Crippen molar-refractivity contribution in [3.8, 4) is 11.3 Å². The average Bonchev–Trinajstić information content (AvgIpc) is 3.30. The summed E-state index contributed by atoms with van der Waals surface area (Å²) >= 11 is 0. The van der Waals surface area contributed by atoms with Gasteiger partial charge in [-0.2, -0.15) is 0 Å². The van der Waals surface area contributed by atoms with Crippen LogP contribution in [0, 0.1) is 5.82 Å². The van der Waals surface area contributed by atoms with Crippen molar-refractivity contribution in [2.75, 3.05) is 13.1 Å². The maximum atomic E-state index is 13.0. The van der Waals surface area contributed by atoms with Gasteiger partial charge in [0.25, 0.3) is 0 Å². The summed E-state index contributed by atoms with van der Waals surface area (Å²) in [5.74, 6) is 0.898. The first kappa shape index (κ1) is 20.1. The minimum atomic E-state index is -0.283. The van der Waals surface area contributed by atoms with Crippen molar-refractivity contribution in [3.63, 3.8) is 0 Å². The highest BCUT2D eigenvalue weighted by atomic mass is 19.1. The van der Waals surface area contributed by atoms with Crippen LogP contribution in [0.3, 0.4) is 0 Å². The number of amides is 1. The largest absolute Gasteiger partial charge is 0.441 e. The summed E-state index contributed by atoms with van der Waals surface area (Å²) in [6.45, 7) is 2.07. The van der Waals surface area contributed by atoms with Crippen LogP contribution in [0.4, 0.5) is 4.39 Å². The summed E-state index contributed by atoms with van der Waals surface area (Å²) in [5.41, 5.74) is 0.777. The first-order valence-electron chi connectivity index (χ1n) is 10.9. The van der Waals surface area contributed by atoms with Crippen LogP contribution >= 0.6 is 0 Å². The zero-order chi connectivity index (χ0) is 20.1. The lowest BCUT2D eigenvalue weighted by atomic mass is 10.1. The molecule has 0 radical (unpaired) electrons. The van der Waals surface area contributed by atoms with Crippen LogP contribution in [0.5, 0.6) is 0 Å². The zero-order valence-corrected chi connectivity index (χ0v) is 16.9. The highest BCUT2D eigenvalue weighted by Gasteiger charge is 2.29. The summed E-state index contributed by atoms with van der Waals surface area (Å²) in [7, 11) is 0. The Balaban J connectivity index is 1.22. The molecule has 4 rings (SSSR count). The van der Waals surface area contributed by atoms with Crippen molar-refractivity contribution < 1.29 is 13.6 Å². The Labute approximate surface area is 171 Å². The normalized spacial score (nSPS) is 21.2. The molecule has 6 heteroatoms. The van der Waals surface area contributed by atoms with Crippen molar-refractivity contribution in [2.24, 2.45) is 0 Å². The average molecular weight is 400 g/mol. The third-order valence-electron chi connectivity index (χ3n) is 6.17. The van der Waals surface area contributed by atoms with E-state index in [2.05, 4.69) is 15.2 Å². The number of hydrogen-bond acceptors (Lipinski definition) is 4. The number of nitrogens with zero attached hydrogens (tertiary/aromatic N) is 2. The van der Waals surface area contributed by atoms with Gasteiger partial charge in [-0.25, -0.2) is 9.37 Å². The van der Waals surface area contributed by atoms with Crippen LogP contribution in [0.2, 0.25) is 0 Å². The molecule has 2 fully saturated rings. The van der Waals surface area contributed by atoms with Crippen LogP contribution < -0.4 is 5.32 Å². The SMILES string of the molecule is O=C(CCc1ncc(-c2ccc(F)cc2)o1)N[C@H]1CCN(C2CCCCCC2)C1. The maximum absolute atomic E-state index is 13.0. The summed E-state index contributed by atoms with van der Waals surface area (Å²) in [4.78, 5) is 19.2. The van der Waals surface area contributed by atoms with Crippen molar-refractivity contribution in [3.05, 3.63) is 42.2 Å². The number of rotatable bonds is 6. The second kappa shape index (κ2) is 9.53. The first-order valence-corrected chi connectivity index (χ1v) is 10.9. The first-order chi connectivity index (χ1) is 14.2. The number of hydrogen-bond donors (Lipinski definition) is 1. The lowest BCUT2D eigenvalue weighted by Crippen LogP contribution is -2.39. The van der Waals surface area contributed by atoms with E-state index in [1.54, 1.807) is 18.3 Å². The molecule has 2 heterocycles. The fourth-order valence-corrected chi connectivity index (χ4v) is 4.55. The van der Waals surface area contributed by atoms with Gasteiger partial charge in [0, 0.05) is 43.6 Å². The van der Waals surface area contributed by atoms with Crippen LogP contribution in [0.15, 0.2) is 34.9 Å². The second-order valence-electron chi connectivity index (χ2n) is 8.32. The molecule has 2 aromatic rings. The molecule has 1 aromatic carbocycles. The Hall–Kier alpha value is -2.21. The number of nitrogens with one attached hydrogen (secondary N) is 1. The molecule has 1 aliphatic carbocycles. The summed E-state index contributed by atoms with van der Waals surface area (Å²) < 4.78 is 18.8. The van der Waals surface area contributed by atoms with Crippen LogP contribution in [-0.2, 0) is 11.2 Å². The van der Waals surface area contributed by atoms with Gasteiger partial charge < -0.3 is 9.73 Å². The third kappa shape index (κ3) is 5.44. The Morgan fingerprint density at radius 1 is 1.14 bits per heavy atom. The van der Waals surface area contributed by atoms with Gasteiger partial charge in [0.2, 0.25) is 5.91 Å². The van der Waals surface area contributed by atoms with Crippen LogP contribution in [0.25, 0.3) is 11.3 Å². The van der Waals surface area contributed by atoms with Crippen molar-refractivity contribution in [1.29, 1.82) is 0 Å². The lowest BCUT2D eigenvalue weighted by molar-refractivity contribution is -0.121. The van der Waals surface area contributed by atoms with Crippen molar-refractivity contribution in [1.82, 2.24) is 15.2 Å². The molecular weight excluding hydrogens is 369 g/mol. The van der Waals surface area contributed by atoms with E-state index in [0.717, 1.165) is 25.1 Å². The monoisotopic (exact) mass is 399 g/mol. The number of benzene rings is 1. The highest BCUT2D eigenvalue weighted by molar-refractivity contribution is 5.76. The maximum Gasteiger partial charge on any atom is 0.220 e. The quantitative estimate of drug-likeness (QED) is 0.735. The molecule has 1 aliphatic heterocycles. The fourth-order valence-electron chi connectivity index (χ4n) is 4.55. The third-order valence-corrected chi connectivity index (χ3v) is 6.17. The predicted molar refractivity (Wildman–Crippen MR) is 110 cm³/mol. The molecule has 1 amide bonds. The zero-order valence-electron chi connectivity index (χ0n) is 16.9. The molecule has 1 saturated carbocycles. The molecule has 1 aromatic heterocycles. The van der Waals surface area contributed by atoms with Crippen molar-refractivity contribution in [2.45, 2.75) is 69.9 Å². The molecule has 1 atom stereocenters. The van der Waals surface area contributed by atoms with Gasteiger partial charge in [0.05, 0.1) is 6.20 Å². The van der Waals surface area contributed by atoms with E-state index < -0.39 is 0 Å². The van der Waals surface area contributed by atoms with Crippen LogP contribution in [0.1, 0.15) is 57.3 Å². The smallest absolute Gasteiger partial charge is 0.220 e. The van der Waals surface area contributed by atoms with Gasteiger partial charge in [0.15, 0.2) is 11.7 Å². The molecule has 1 N–H and O–H groups in total. The second-order valence-corrected chi connectivity index (χ2v) is 8.32. The predicted octanol–water partition coefficient (Wildman–Crippen LogP) is 4.33. The van der Waals surface area contributed by atoms with Gasteiger partial charge in [-0.1, -0.05) is 25.7 Å². The number of likely N-dealkylation sites (tertiary alicyclic amines) is 1. The minimum absolute atomic E-state index is 0.0549. The molecule has 156 valence electrons. The summed E-state index contributed by atoms with van der Waals surface area (Å²) in [5, 5.41) is 3.19. The van der Waals surface area contributed by atoms with Crippen LogP contribution in [-0.4, -0.2) is 41.0 Å². The van der Waals surface area contributed by atoms with Gasteiger partial charge in [0.1, 0.15) is 5.82 Å². The van der Waals surface area contributed by atoms with Gasteiger partial charge in [-0.15, -0.1) is 0 Å². The molecule has 1 saturated heterocycles. The molecular formula is C23H30FN3O2. The topological polar surface area (TPSA) is 58.4 Å².